The molecule has 0 saturated heterocycles. The summed E-state index contributed by atoms with van der Waals surface area (Å²) in [5.74, 6) is 0. The van der Waals surface area contributed by atoms with Crippen LogP contribution in [0.25, 0.3) is 0 Å². The van der Waals surface area contributed by atoms with Gasteiger partial charge in [0.25, 0.3) is 0 Å². The first-order valence-electron chi connectivity index (χ1n) is 4.88. The average molecular weight is 205 g/mol. The van der Waals surface area contributed by atoms with Crippen LogP contribution in [0.1, 0.15) is 29.2 Å². The molecule has 0 aliphatic heterocycles. The molecule has 74 valence electrons. The molecule has 2 aromatic rings. The molecule has 0 aromatic carbocycles. The molecule has 0 fully saturated rings. The van der Waals surface area contributed by atoms with Crippen molar-refractivity contribution in [3.63, 3.8) is 0 Å². The molecule has 2 rings (SSSR count). The molecule has 2 heteroatoms. The standard InChI is InChI=1S/C12H15NS/c1-9-6-7-10(2)13(9)11(3)12-5-4-8-14-12/h4-8,11H,1-3H3. The van der Waals surface area contributed by atoms with E-state index in [4.69, 9.17) is 0 Å². The minimum atomic E-state index is 0.463. The molecule has 0 N–H and O–H groups in total. The third-order valence-corrected chi connectivity index (χ3v) is 3.71. The Bertz CT molecular complexity index is 392. The summed E-state index contributed by atoms with van der Waals surface area (Å²) >= 11 is 1.83. The van der Waals surface area contributed by atoms with Crippen LogP contribution in [0.4, 0.5) is 0 Å². The van der Waals surface area contributed by atoms with Gasteiger partial charge in [0.15, 0.2) is 0 Å². The SMILES string of the molecule is Cc1ccc(C)n1C(C)c1cccs1. The fraction of sp³-hybridized carbons (Fsp3) is 0.333. The molecule has 0 amide bonds. The molecule has 14 heavy (non-hydrogen) atoms. The predicted molar refractivity (Wildman–Crippen MR) is 62.0 cm³/mol. The fourth-order valence-electron chi connectivity index (χ4n) is 1.95. The molecule has 0 saturated carbocycles. The van der Waals surface area contributed by atoms with Gasteiger partial charge in [-0.25, -0.2) is 0 Å². The van der Waals surface area contributed by atoms with E-state index in [2.05, 4.69) is 55.0 Å². The lowest BCUT2D eigenvalue weighted by Crippen LogP contribution is -2.08. The largest absolute Gasteiger partial charge is 0.341 e. The van der Waals surface area contributed by atoms with Gasteiger partial charge in [-0.05, 0) is 44.4 Å². The van der Waals surface area contributed by atoms with Crippen molar-refractivity contribution >= 4 is 11.3 Å². The van der Waals surface area contributed by atoms with Crippen molar-refractivity contribution in [3.8, 4) is 0 Å². The second-order valence-corrected chi connectivity index (χ2v) is 4.66. The number of hydrogen-bond donors (Lipinski definition) is 0. The van der Waals surface area contributed by atoms with E-state index in [0.29, 0.717) is 6.04 Å². The van der Waals surface area contributed by atoms with Crippen molar-refractivity contribution in [1.29, 1.82) is 0 Å². The Morgan fingerprint density at radius 1 is 1.14 bits per heavy atom. The molecule has 1 atom stereocenters. The van der Waals surface area contributed by atoms with Gasteiger partial charge in [0.05, 0.1) is 6.04 Å². The maximum Gasteiger partial charge on any atom is 0.0649 e. The van der Waals surface area contributed by atoms with E-state index in [1.807, 2.05) is 11.3 Å². The summed E-state index contributed by atoms with van der Waals surface area (Å²) in [6.07, 6.45) is 0. The molecule has 2 heterocycles. The van der Waals surface area contributed by atoms with Crippen molar-refractivity contribution in [2.45, 2.75) is 26.8 Å². The lowest BCUT2D eigenvalue weighted by Gasteiger charge is -2.16. The highest BCUT2D eigenvalue weighted by atomic mass is 32.1. The van der Waals surface area contributed by atoms with Gasteiger partial charge in [0, 0.05) is 16.3 Å². The zero-order chi connectivity index (χ0) is 10.1. The van der Waals surface area contributed by atoms with Gasteiger partial charge >= 0.3 is 0 Å². The summed E-state index contributed by atoms with van der Waals surface area (Å²) in [7, 11) is 0. The highest BCUT2D eigenvalue weighted by Crippen LogP contribution is 2.25. The molecule has 0 spiro atoms. The maximum atomic E-state index is 2.38. The fourth-order valence-corrected chi connectivity index (χ4v) is 2.72. The van der Waals surface area contributed by atoms with Gasteiger partial charge in [-0.15, -0.1) is 11.3 Å². The topological polar surface area (TPSA) is 4.93 Å². The molecule has 0 aliphatic carbocycles. The Balaban J connectivity index is 2.41. The van der Waals surface area contributed by atoms with E-state index in [9.17, 15) is 0 Å². The van der Waals surface area contributed by atoms with E-state index in [-0.39, 0.29) is 0 Å². The Labute approximate surface area is 89.0 Å². The number of aromatic nitrogens is 1. The lowest BCUT2D eigenvalue weighted by atomic mass is 10.2. The monoisotopic (exact) mass is 205 g/mol. The minimum Gasteiger partial charge on any atom is -0.341 e. The number of aryl methyl sites for hydroxylation is 2. The first-order valence-corrected chi connectivity index (χ1v) is 5.76. The van der Waals surface area contributed by atoms with Gasteiger partial charge < -0.3 is 4.57 Å². The molecule has 0 bridgehead atoms. The van der Waals surface area contributed by atoms with Gasteiger partial charge in [0.2, 0.25) is 0 Å². The minimum absolute atomic E-state index is 0.463. The third-order valence-electron chi connectivity index (χ3n) is 2.67. The number of hydrogen-bond acceptors (Lipinski definition) is 1. The third kappa shape index (κ3) is 1.50. The lowest BCUT2D eigenvalue weighted by molar-refractivity contribution is 0.620. The smallest absolute Gasteiger partial charge is 0.0649 e. The predicted octanol–water partition coefficient (Wildman–Crippen LogP) is 3.78. The molecular formula is C12H15NS. The number of nitrogens with zero attached hydrogens (tertiary/aromatic N) is 1. The molecule has 1 nitrogen and oxygen atoms in total. The number of thiophene rings is 1. The van der Waals surface area contributed by atoms with Crippen molar-refractivity contribution in [2.24, 2.45) is 0 Å². The Morgan fingerprint density at radius 3 is 2.29 bits per heavy atom. The van der Waals surface area contributed by atoms with Gasteiger partial charge in [-0.2, -0.15) is 0 Å². The highest BCUT2D eigenvalue weighted by molar-refractivity contribution is 7.10. The van der Waals surface area contributed by atoms with Gasteiger partial charge in [-0.3, -0.25) is 0 Å². The van der Waals surface area contributed by atoms with Crippen molar-refractivity contribution in [1.82, 2.24) is 4.57 Å². The van der Waals surface area contributed by atoms with Crippen LogP contribution < -0.4 is 0 Å². The normalized spacial score (nSPS) is 13.1. The highest BCUT2D eigenvalue weighted by Gasteiger charge is 2.11. The van der Waals surface area contributed by atoms with Crippen LogP contribution in [0.3, 0.4) is 0 Å². The molecular weight excluding hydrogens is 190 g/mol. The Hall–Kier alpha value is -1.02. The van der Waals surface area contributed by atoms with Crippen molar-refractivity contribution in [2.75, 3.05) is 0 Å². The van der Waals surface area contributed by atoms with E-state index in [0.717, 1.165) is 0 Å². The summed E-state index contributed by atoms with van der Waals surface area (Å²) in [5.41, 5.74) is 2.67. The number of rotatable bonds is 2. The van der Waals surface area contributed by atoms with Crippen LogP contribution in [-0.2, 0) is 0 Å². The van der Waals surface area contributed by atoms with Crippen LogP contribution in [0.15, 0.2) is 29.6 Å². The van der Waals surface area contributed by atoms with Gasteiger partial charge in [-0.1, -0.05) is 6.07 Å². The molecule has 2 aromatic heterocycles. The van der Waals surface area contributed by atoms with Crippen LogP contribution in [0.5, 0.6) is 0 Å². The zero-order valence-corrected chi connectivity index (χ0v) is 9.64. The van der Waals surface area contributed by atoms with E-state index >= 15 is 0 Å². The van der Waals surface area contributed by atoms with Crippen LogP contribution >= 0.6 is 11.3 Å². The quantitative estimate of drug-likeness (QED) is 0.703. The Kier molecular flexibility index (Phi) is 2.46. The second-order valence-electron chi connectivity index (χ2n) is 3.68. The molecule has 0 radical (unpaired) electrons. The molecule has 1 unspecified atom stereocenters. The van der Waals surface area contributed by atoms with Crippen molar-refractivity contribution in [3.05, 3.63) is 45.9 Å². The summed E-state index contributed by atoms with van der Waals surface area (Å²) in [5, 5.41) is 2.14. The first kappa shape index (κ1) is 9.53. The second kappa shape index (κ2) is 3.62. The molecule has 0 aliphatic rings. The van der Waals surface area contributed by atoms with Crippen LogP contribution in [0, 0.1) is 13.8 Å². The van der Waals surface area contributed by atoms with E-state index in [1.54, 1.807) is 0 Å². The van der Waals surface area contributed by atoms with Gasteiger partial charge in [0.1, 0.15) is 0 Å². The summed E-state index contributed by atoms with van der Waals surface area (Å²) in [6.45, 7) is 6.58. The van der Waals surface area contributed by atoms with E-state index in [1.165, 1.54) is 16.3 Å². The summed E-state index contributed by atoms with van der Waals surface area (Å²) < 4.78 is 2.38. The van der Waals surface area contributed by atoms with E-state index < -0.39 is 0 Å². The zero-order valence-electron chi connectivity index (χ0n) is 8.82. The van der Waals surface area contributed by atoms with Crippen LogP contribution in [0.2, 0.25) is 0 Å². The van der Waals surface area contributed by atoms with Crippen LogP contribution in [-0.4, -0.2) is 4.57 Å². The maximum absolute atomic E-state index is 2.38. The summed E-state index contributed by atoms with van der Waals surface area (Å²) in [6, 6.07) is 9.14. The first-order chi connectivity index (χ1) is 6.70. The Morgan fingerprint density at radius 2 is 1.79 bits per heavy atom. The van der Waals surface area contributed by atoms with Crippen molar-refractivity contribution < 1.29 is 0 Å². The summed E-state index contributed by atoms with van der Waals surface area (Å²) in [4.78, 5) is 1.42. The average Bonchev–Trinajstić information content (AvgIpc) is 2.75.